The molecule has 0 saturated heterocycles. The third-order valence-corrected chi connectivity index (χ3v) is 5.05. The molecule has 2 aromatic carbocycles. The van der Waals surface area contributed by atoms with Crippen LogP contribution in [0.4, 0.5) is 0 Å². The lowest BCUT2D eigenvalue weighted by atomic mass is 10.2. The lowest BCUT2D eigenvalue weighted by Crippen LogP contribution is -2.04. The maximum absolute atomic E-state index is 11.1. The average molecular weight is 417 g/mol. The number of hydrogen-bond acceptors (Lipinski definition) is 5. The van der Waals surface area contributed by atoms with Crippen LogP contribution in [0.25, 0.3) is 11.0 Å². The summed E-state index contributed by atoms with van der Waals surface area (Å²) in [6.07, 6.45) is 2.63. The lowest BCUT2D eigenvalue weighted by molar-refractivity contribution is 0.0696. The van der Waals surface area contributed by atoms with Crippen LogP contribution in [-0.4, -0.2) is 25.6 Å². The number of hydrogen-bond donors (Lipinski definition) is 1. The predicted octanol–water partition coefficient (Wildman–Crippen LogP) is 4.91. The number of benzene rings is 2. The zero-order valence-corrected chi connectivity index (χ0v) is 17.6. The Morgan fingerprint density at radius 1 is 1.13 bits per heavy atom. The van der Waals surface area contributed by atoms with E-state index in [1.165, 1.54) is 12.1 Å². The van der Waals surface area contributed by atoms with Gasteiger partial charge in [0.1, 0.15) is 23.9 Å². The number of carboxylic acids is 1. The Labute approximate surface area is 179 Å². The van der Waals surface area contributed by atoms with Crippen molar-refractivity contribution in [2.45, 2.75) is 26.9 Å². The molecule has 7 nitrogen and oxygen atoms in total. The van der Waals surface area contributed by atoms with Crippen LogP contribution >= 0.6 is 0 Å². The fourth-order valence-corrected chi connectivity index (χ4v) is 3.35. The van der Waals surface area contributed by atoms with Gasteiger partial charge in [-0.15, -0.1) is 0 Å². The molecular formula is C24H23N3O4. The number of ether oxygens (including phenoxy) is 2. The van der Waals surface area contributed by atoms with Gasteiger partial charge in [-0.25, -0.2) is 14.8 Å². The highest BCUT2D eigenvalue weighted by Gasteiger charge is 2.12. The van der Waals surface area contributed by atoms with Crippen molar-refractivity contribution in [1.29, 1.82) is 0 Å². The molecule has 0 atom stereocenters. The SMILES string of the molecule is CCc1cc(C)cnc1Oc1ccc2nc(COc3cccc(C(=O)O)c3)n(C)c2c1. The molecule has 0 aliphatic carbocycles. The Bertz CT molecular complexity index is 1260. The second kappa shape index (κ2) is 8.47. The van der Waals surface area contributed by atoms with Crippen LogP contribution in [-0.2, 0) is 20.1 Å². The highest BCUT2D eigenvalue weighted by molar-refractivity contribution is 5.88. The fraction of sp³-hybridized carbons (Fsp3) is 0.208. The van der Waals surface area contributed by atoms with Crippen LogP contribution in [0.5, 0.6) is 17.4 Å². The van der Waals surface area contributed by atoms with Gasteiger partial charge in [0, 0.05) is 24.9 Å². The Morgan fingerprint density at radius 3 is 2.74 bits per heavy atom. The zero-order chi connectivity index (χ0) is 22.0. The van der Waals surface area contributed by atoms with Gasteiger partial charge >= 0.3 is 5.97 Å². The van der Waals surface area contributed by atoms with Gasteiger partial charge in [-0.05, 0) is 55.3 Å². The first kappa shape index (κ1) is 20.4. The molecule has 0 saturated carbocycles. The van der Waals surface area contributed by atoms with Gasteiger partial charge in [0.05, 0.1) is 16.6 Å². The maximum atomic E-state index is 11.1. The highest BCUT2D eigenvalue weighted by atomic mass is 16.5. The molecule has 0 unspecified atom stereocenters. The minimum atomic E-state index is -0.991. The van der Waals surface area contributed by atoms with E-state index >= 15 is 0 Å². The number of aromatic carboxylic acids is 1. The van der Waals surface area contributed by atoms with Crippen molar-refractivity contribution in [1.82, 2.24) is 14.5 Å². The molecule has 0 aliphatic heterocycles. The molecule has 4 aromatic rings. The van der Waals surface area contributed by atoms with E-state index in [-0.39, 0.29) is 12.2 Å². The normalized spacial score (nSPS) is 10.9. The topological polar surface area (TPSA) is 86.5 Å². The maximum Gasteiger partial charge on any atom is 0.335 e. The van der Waals surface area contributed by atoms with Gasteiger partial charge in [-0.1, -0.05) is 13.0 Å². The Balaban J connectivity index is 1.56. The van der Waals surface area contributed by atoms with E-state index in [4.69, 9.17) is 14.6 Å². The van der Waals surface area contributed by atoms with E-state index in [1.807, 2.05) is 36.7 Å². The Hall–Kier alpha value is -3.87. The number of nitrogens with zero attached hydrogens (tertiary/aromatic N) is 3. The zero-order valence-electron chi connectivity index (χ0n) is 17.6. The van der Waals surface area contributed by atoms with E-state index in [1.54, 1.807) is 18.3 Å². The van der Waals surface area contributed by atoms with Gasteiger partial charge in [-0.3, -0.25) is 0 Å². The first-order valence-corrected chi connectivity index (χ1v) is 9.99. The van der Waals surface area contributed by atoms with Crippen molar-refractivity contribution in [3.05, 3.63) is 77.2 Å². The Kier molecular flexibility index (Phi) is 5.58. The minimum absolute atomic E-state index is 0.181. The highest BCUT2D eigenvalue weighted by Crippen LogP contribution is 2.28. The van der Waals surface area contributed by atoms with Gasteiger partial charge in [-0.2, -0.15) is 0 Å². The number of aryl methyl sites for hydroxylation is 3. The van der Waals surface area contributed by atoms with E-state index in [2.05, 4.69) is 23.0 Å². The summed E-state index contributed by atoms with van der Waals surface area (Å²) in [4.78, 5) is 20.2. The van der Waals surface area contributed by atoms with Crippen LogP contribution in [0.3, 0.4) is 0 Å². The molecule has 0 amide bonds. The standard InChI is InChI=1S/C24H23N3O4/c1-4-16-10-15(2)13-25-23(16)31-19-8-9-20-21(12-19)27(3)22(26-20)14-30-18-7-5-6-17(11-18)24(28)29/h5-13H,4,14H2,1-3H3,(H,28,29). The summed E-state index contributed by atoms with van der Waals surface area (Å²) in [6.45, 7) is 4.30. The second-order valence-corrected chi connectivity index (χ2v) is 7.29. The summed E-state index contributed by atoms with van der Waals surface area (Å²) >= 11 is 0. The first-order chi connectivity index (χ1) is 14.9. The summed E-state index contributed by atoms with van der Waals surface area (Å²) in [7, 11) is 1.91. The predicted molar refractivity (Wildman–Crippen MR) is 117 cm³/mol. The largest absolute Gasteiger partial charge is 0.486 e. The molecule has 1 N–H and O–H groups in total. The third-order valence-electron chi connectivity index (χ3n) is 5.05. The van der Waals surface area contributed by atoms with E-state index in [0.29, 0.717) is 17.4 Å². The second-order valence-electron chi connectivity index (χ2n) is 7.29. The lowest BCUT2D eigenvalue weighted by Gasteiger charge is -2.10. The Morgan fingerprint density at radius 2 is 1.97 bits per heavy atom. The number of carboxylic acid groups (broad SMARTS) is 1. The van der Waals surface area contributed by atoms with Crippen LogP contribution in [0, 0.1) is 6.92 Å². The number of rotatable bonds is 7. The molecule has 2 aromatic heterocycles. The smallest absolute Gasteiger partial charge is 0.335 e. The molecule has 31 heavy (non-hydrogen) atoms. The molecule has 0 fully saturated rings. The fourth-order valence-electron chi connectivity index (χ4n) is 3.35. The molecule has 2 heterocycles. The number of carbonyl (C=O) groups is 1. The number of pyridine rings is 1. The summed E-state index contributed by atoms with van der Waals surface area (Å²) in [5, 5.41) is 9.12. The molecule has 0 aliphatic rings. The molecule has 158 valence electrons. The van der Waals surface area contributed by atoms with Gasteiger partial charge in [0.25, 0.3) is 0 Å². The molecule has 0 spiro atoms. The number of imidazole rings is 1. The molecule has 7 heteroatoms. The van der Waals surface area contributed by atoms with Crippen LogP contribution in [0.15, 0.2) is 54.7 Å². The van der Waals surface area contributed by atoms with Gasteiger partial charge in [0.2, 0.25) is 5.88 Å². The van der Waals surface area contributed by atoms with Crippen molar-refractivity contribution < 1.29 is 19.4 Å². The van der Waals surface area contributed by atoms with Crippen LogP contribution in [0.2, 0.25) is 0 Å². The van der Waals surface area contributed by atoms with E-state index in [9.17, 15) is 4.79 Å². The first-order valence-electron chi connectivity index (χ1n) is 9.99. The van der Waals surface area contributed by atoms with E-state index in [0.717, 1.165) is 34.4 Å². The summed E-state index contributed by atoms with van der Waals surface area (Å²) < 4.78 is 13.8. The van der Waals surface area contributed by atoms with Crippen molar-refractivity contribution in [2.24, 2.45) is 7.05 Å². The quantitative estimate of drug-likeness (QED) is 0.460. The monoisotopic (exact) mass is 417 g/mol. The van der Waals surface area contributed by atoms with Crippen molar-refractivity contribution >= 4 is 17.0 Å². The van der Waals surface area contributed by atoms with Crippen molar-refractivity contribution in [3.8, 4) is 17.4 Å². The van der Waals surface area contributed by atoms with Gasteiger partial charge < -0.3 is 19.1 Å². The summed E-state index contributed by atoms with van der Waals surface area (Å²) in [5.41, 5.74) is 4.06. The van der Waals surface area contributed by atoms with Gasteiger partial charge in [0.15, 0.2) is 0 Å². The molecule has 0 radical (unpaired) electrons. The molecule has 4 rings (SSSR count). The minimum Gasteiger partial charge on any atom is -0.486 e. The summed E-state index contributed by atoms with van der Waals surface area (Å²) in [6, 6.07) is 14.2. The van der Waals surface area contributed by atoms with Crippen molar-refractivity contribution in [2.75, 3.05) is 0 Å². The number of aromatic nitrogens is 3. The molecular weight excluding hydrogens is 394 g/mol. The third kappa shape index (κ3) is 4.35. The summed E-state index contributed by atoms with van der Waals surface area (Å²) in [5.74, 6) is 1.50. The van der Waals surface area contributed by atoms with E-state index < -0.39 is 5.97 Å². The van der Waals surface area contributed by atoms with Crippen LogP contribution in [0.1, 0.15) is 34.2 Å². The van der Waals surface area contributed by atoms with Crippen molar-refractivity contribution in [3.63, 3.8) is 0 Å². The number of fused-ring (bicyclic) bond motifs is 1. The average Bonchev–Trinajstić information content (AvgIpc) is 3.09. The molecule has 0 bridgehead atoms. The van der Waals surface area contributed by atoms with Crippen LogP contribution < -0.4 is 9.47 Å².